The maximum absolute atomic E-state index is 13.2. The summed E-state index contributed by atoms with van der Waals surface area (Å²) in [6.45, 7) is 8.89. The molecule has 6 nitrogen and oxygen atoms in total. The number of carbonyl (C=O) groups is 2. The summed E-state index contributed by atoms with van der Waals surface area (Å²) < 4.78 is 5.93. The molecular formula is C24H27N3O3. The molecule has 0 atom stereocenters. The summed E-state index contributed by atoms with van der Waals surface area (Å²) in [5.41, 5.74) is 1.40. The van der Waals surface area contributed by atoms with E-state index in [2.05, 4.69) is 19.2 Å². The van der Waals surface area contributed by atoms with E-state index in [0.29, 0.717) is 47.3 Å². The van der Waals surface area contributed by atoms with Crippen LogP contribution in [0.4, 0.5) is 11.4 Å². The number of nitriles is 1. The molecule has 0 bridgehead atoms. The van der Waals surface area contributed by atoms with Crippen LogP contribution >= 0.6 is 0 Å². The number of benzene rings is 2. The van der Waals surface area contributed by atoms with Crippen LogP contribution in [-0.2, 0) is 4.79 Å². The summed E-state index contributed by atoms with van der Waals surface area (Å²) in [6, 6.07) is 13.9. The van der Waals surface area contributed by atoms with Gasteiger partial charge in [-0.2, -0.15) is 5.26 Å². The molecule has 3 rings (SSSR count). The number of rotatable bonds is 5. The average Bonchev–Trinajstić information content (AvgIpc) is 2.81. The van der Waals surface area contributed by atoms with Crippen LogP contribution in [0.1, 0.15) is 50.0 Å². The van der Waals surface area contributed by atoms with E-state index in [-0.39, 0.29) is 11.8 Å². The molecule has 0 saturated carbocycles. The standard InChI is InChI=1S/C24H27N3O3/c1-16(2)10-11-27-20-13-19(8-9-21(20)30-15-24(3,4)23(27)29)26-22(28)18-7-5-6-17(12-18)14-25/h5-9,12-13,16H,10-11,15H2,1-4H3,(H,26,28). The van der Waals surface area contributed by atoms with Gasteiger partial charge < -0.3 is 15.0 Å². The molecule has 0 spiro atoms. The molecule has 1 heterocycles. The van der Waals surface area contributed by atoms with Crippen molar-refractivity contribution in [2.24, 2.45) is 11.3 Å². The Bertz CT molecular complexity index is 1000. The first kappa shape index (κ1) is 21.4. The molecule has 0 aromatic heterocycles. The zero-order valence-corrected chi connectivity index (χ0v) is 17.9. The Morgan fingerprint density at radius 3 is 2.73 bits per heavy atom. The monoisotopic (exact) mass is 405 g/mol. The molecule has 1 aliphatic heterocycles. The van der Waals surface area contributed by atoms with Gasteiger partial charge in [0.05, 0.1) is 22.7 Å². The minimum atomic E-state index is -0.642. The quantitative estimate of drug-likeness (QED) is 0.788. The van der Waals surface area contributed by atoms with Gasteiger partial charge in [0.15, 0.2) is 0 Å². The van der Waals surface area contributed by atoms with Crippen molar-refractivity contribution in [3.63, 3.8) is 0 Å². The van der Waals surface area contributed by atoms with Crippen molar-refractivity contribution in [1.29, 1.82) is 5.26 Å². The summed E-state index contributed by atoms with van der Waals surface area (Å²) >= 11 is 0. The fourth-order valence-electron chi connectivity index (χ4n) is 3.27. The fraction of sp³-hybridized carbons (Fsp3) is 0.375. The van der Waals surface area contributed by atoms with Gasteiger partial charge in [0.25, 0.3) is 5.91 Å². The van der Waals surface area contributed by atoms with Crippen molar-refractivity contribution in [2.75, 3.05) is 23.4 Å². The van der Waals surface area contributed by atoms with Crippen LogP contribution in [0.25, 0.3) is 0 Å². The van der Waals surface area contributed by atoms with Crippen molar-refractivity contribution in [3.8, 4) is 11.8 Å². The van der Waals surface area contributed by atoms with Crippen molar-refractivity contribution in [2.45, 2.75) is 34.1 Å². The van der Waals surface area contributed by atoms with Gasteiger partial charge in [0, 0.05) is 17.8 Å². The number of carbonyl (C=O) groups excluding carboxylic acids is 2. The Morgan fingerprint density at radius 1 is 1.27 bits per heavy atom. The first-order valence-electron chi connectivity index (χ1n) is 10.1. The Hall–Kier alpha value is -3.33. The average molecular weight is 405 g/mol. The second kappa shape index (κ2) is 8.58. The molecule has 30 heavy (non-hydrogen) atoms. The highest BCUT2D eigenvalue weighted by atomic mass is 16.5. The lowest BCUT2D eigenvalue weighted by molar-refractivity contribution is -0.127. The third-order valence-electron chi connectivity index (χ3n) is 5.10. The molecule has 156 valence electrons. The van der Waals surface area contributed by atoms with E-state index in [1.807, 2.05) is 19.9 Å². The van der Waals surface area contributed by atoms with Crippen LogP contribution in [0.15, 0.2) is 42.5 Å². The van der Waals surface area contributed by atoms with E-state index in [4.69, 9.17) is 10.00 Å². The third-order valence-corrected chi connectivity index (χ3v) is 5.10. The molecule has 0 unspecified atom stereocenters. The molecule has 6 heteroatoms. The number of fused-ring (bicyclic) bond motifs is 1. The molecule has 0 radical (unpaired) electrons. The molecule has 1 aliphatic rings. The maximum atomic E-state index is 13.2. The smallest absolute Gasteiger partial charge is 0.255 e. The Labute approximate surface area is 177 Å². The fourth-order valence-corrected chi connectivity index (χ4v) is 3.27. The zero-order chi connectivity index (χ0) is 21.9. The SMILES string of the molecule is CC(C)CCN1C(=O)C(C)(C)COc2ccc(NC(=O)c3cccc(C#N)c3)cc21. The predicted octanol–water partition coefficient (Wildman–Crippen LogP) is 4.61. The summed E-state index contributed by atoms with van der Waals surface area (Å²) in [7, 11) is 0. The van der Waals surface area contributed by atoms with Crippen LogP contribution in [0.2, 0.25) is 0 Å². The van der Waals surface area contributed by atoms with E-state index in [9.17, 15) is 9.59 Å². The van der Waals surface area contributed by atoms with E-state index in [1.54, 1.807) is 47.4 Å². The van der Waals surface area contributed by atoms with Crippen LogP contribution in [-0.4, -0.2) is 25.0 Å². The minimum Gasteiger partial charge on any atom is -0.490 e. The number of ether oxygens (including phenoxy) is 1. The van der Waals surface area contributed by atoms with Crippen LogP contribution < -0.4 is 15.0 Å². The maximum Gasteiger partial charge on any atom is 0.255 e. The van der Waals surface area contributed by atoms with E-state index in [1.165, 1.54) is 0 Å². The minimum absolute atomic E-state index is 0.00657. The van der Waals surface area contributed by atoms with E-state index in [0.717, 1.165) is 6.42 Å². The molecular weight excluding hydrogens is 378 g/mol. The number of amides is 2. The highest BCUT2D eigenvalue weighted by molar-refractivity contribution is 6.05. The van der Waals surface area contributed by atoms with E-state index < -0.39 is 5.41 Å². The van der Waals surface area contributed by atoms with Crippen molar-refractivity contribution in [1.82, 2.24) is 0 Å². The lowest BCUT2D eigenvalue weighted by atomic mass is 9.92. The van der Waals surface area contributed by atoms with Crippen molar-refractivity contribution in [3.05, 3.63) is 53.6 Å². The molecule has 2 aromatic carbocycles. The second-order valence-corrected chi connectivity index (χ2v) is 8.64. The Kier molecular flexibility index (Phi) is 6.12. The Balaban J connectivity index is 1.91. The zero-order valence-electron chi connectivity index (χ0n) is 17.9. The number of hydrogen-bond donors (Lipinski definition) is 1. The highest BCUT2D eigenvalue weighted by Crippen LogP contribution is 2.38. The lowest BCUT2D eigenvalue weighted by Gasteiger charge is -2.28. The number of anilines is 2. The third kappa shape index (κ3) is 4.62. The highest BCUT2D eigenvalue weighted by Gasteiger charge is 2.37. The summed E-state index contributed by atoms with van der Waals surface area (Å²) in [4.78, 5) is 27.6. The van der Waals surface area contributed by atoms with Gasteiger partial charge in [0.1, 0.15) is 12.4 Å². The van der Waals surface area contributed by atoms with Gasteiger partial charge in [-0.3, -0.25) is 9.59 Å². The van der Waals surface area contributed by atoms with Crippen LogP contribution in [0, 0.1) is 22.7 Å². The predicted molar refractivity (Wildman–Crippen MR) is 117 cm³/mol. The molecule has 1 N–H and O–H groups in total. The molecule has 0 saturated heterocycles. The van der Waals surface area contributed by atoms with Gasteiger partial charge in [-0.15, -0.1) is 0 Å². The summed E-state index contributed by atoms with van der Waals surface area (Å²) in [5.74, 6) is 0.764. The molecule has 2 amide bonds. The van der Waals surface area contributed by atoms with Gasteiger partial charge in [0.2, 0.25) is 5.91 Å². The van der Waals surface area contributed by atoms with Crippen molar-refractivity contribution < 1.29 is 14.3 Å². The second-order valence-electron chi connectivity index (χ2n) is 8.64. The largest absolute Gasteiger partial charge is 0.490 e. The van der Waals surface area contributed by atoms with Crippen LogP contribution in [0.3, 0.4) is 0 Å². The molecule has 2 aromatic rings. The van der Waals surface area contributed by atoms with E-state index >= 15 is 0 Å². The normalized spacial score (nSPS) is 15.1. The lowest BCUT2D eigenvalue weighted by Crippen LogP contribution is -2.42. The topological polar surface area (TPSA) is 82.4 Å². The van der Waals surface area contributed by atoms with Gasteiger partial charge >= 0.3 is 0 Å². The van der Waals surface area contributed by atoms with Gasteiger partial charge in [-0.05, 0) is 62.6 Å². The Morgan fingerprint density at radius 2 is 2.03 bits per heavy atom. The van der Waals surface area contributed by atoms with Crippen LogP contribution in [0.5, 0.6) is 5.75 Å². The summed E-state index contributed by atoms with van der Waals surface area (Å²) in [6.07, 6.45) is 0.860. The van der Waals surface area contributed by atoms with Gasteiger partial charge in [-0.25, -0.2) is 0 Å². The number of nitrogens with zero attached hydrogens (tertiary/aromatic N) is 2. The summed E-state index contributed by atoms with van der Waals surface area (Å²) in [5, 5.41) is 11.9. The van der Waals surface area contributed by atoms with Crippen molar-refractivity contribution >= 4 is 23.2 Å². The molecule has 0 fully saturated rings. The first-order chi connectivity index (χ1) is 14.2. The number of nitrogens with one attached hydrogen (secondary N) is 1. The first-order valence-corrected chi connectivity index (χ1v) is 10.1. The number of hydrogen-bond acceptors (Lipinski definition) is 4. The molecule has 0 aliphatic carbocycles. The van der Waals surface area contributed by atoms with Gasteiger partial charge in [-0.1, -0.05) is 19.9 Å².